The minimum Gasteiger partial charge on any atom is -0.371 e. The largest absolute Gasteiger partial charge is 0.371 e. The number of carbonyl (C=O) groups is 1. The molecule has 4 heterocycles. The summed E-state index contributed by atoms with van der Waals surface area (Å²) in [5.41, 5.74) is 3.46. The summed E-state index contributed by atoms with van der Waals surface area (Å²) in [5.74, 6) is 0.318. The van der Waals surface area contributed by atoms with Crippen LogP contribution in [0.15, 0.2) is 54.9 Å². The van der Waals surface area contributed by atoms with Crippen molar-refractivity contribution in [3.8, 4) is 0 Å². The lowest BCUT2D eigenvalue weighted by Crippen LogP contribution is -2.50. The normalized spacial score (nSPS) is 18.9. The molecular weight excluding hydrogens is 348 g/mol. The first-order chi connectivity index (χ1) is 13.6. The van der Waals surface area contributed by atoms with Gasteiger partial charge in [0, 0.05) is 60.9 Å². The van der Waals surface area contributed by atoms with Crippen LogP contribution in [0.1, 0.15) is 25.5 Å². The number of pyridine rings is 1. The summed E-state index contributed by atoms with van der Waals surface area (Å²) >= 11 is 0. The summed E-state index contributed by atoms with van der Waals surface area (Å²) in [6.07, 6.45) is 5.46. The van der Waals surface area contributed by atoms with E-state index in [1.54, 1.807) is 0 Å². The molecule has 0 atom stereocenters. The monoisotopic (exact) mass is 374 g/mol. The van der Waals surface area contributed by atoms with Crippen molar-refractivity contribution in [2.75, 3.05) is 24.5 Å². The number of hydrogen-bond acceptors (Lipinski definition) is 3. The first kappa shape index (κ1) is 17.3. The maximum Gasteiger partial charge on any atom is 0.229 e. The van der Waals surface area contributed by atoms with Crippen LogP contribution >= 0.6 is 0 Å². The van der Waals surface area contributed by atoms with Crippen molar-refractivity contribution >= 4 is 22.5 Å². The van der Waals surface area contributed by atoms with E-state index in [9.17, 15) is 4.79 Å². The Morgan fingerprint density at radius 3 is 2.54 bits per heavy atom. The summed E-state index contributed by atoms with van der Waals surface area (Å²) in [4.78, 5) is 22.0. The van der Waals surface area contributed by atoms with E-state index in [1.807, 2.05) is 24.5 Å². The Bertz CT molecular complexity index is 1000. The van der Waals surface area contributed by atoms with Gasteiger partial charge in [0.2, 0.25) is 5.91 Å². The maximum atomic E-state index is 13.4. The minimum atomic E-state index is -0.266. The molecule has 0 aliphatic carbocycles. The molecule has 1 saturated heterocycles. The molecule has 0 bridgehead atoms. The van der Waals surface area contributed by atoms with Gasteiger partial charge < -0.3 is 14.4 Å². The summed E-state index contributed by atoms with van der Waals surface area (Å²) in [5, 5.41) is 1.27. The summed E-state index contributed by atoms with van der Waals surface area (Å²) in [6, 6.07) is 14.8. The maximum absolute atomic E-state index is 13.4. The van der Waals surface area contributed by atoms with Gasteiger partial charge in [0.05, 0.1) is 6.54 Å². The number of rotatable bonds is 2. The fraction of sp³-hybridized carbons (Fsp3) is 0.391. The molecule has 1 aromatic carbocycles. The Labute approximate surface area is 165 Å². The van der Waals surface area contributed by atoms with Crippen molar-refractivity contribution in [2.45, 2.75) is 32.9 Å². The Morgan fingerprint density at radius 1 is 1.00 bits per heavy atom. The van der Waals surface area contributed by atoms with Crippen LogP contribution in [0.5, 0.6) is 0 Å². The average molecular weight is 374 g/mol. The van der Waals surface area contributed by atoms with Crippen LogP contribution in [-0.4, -0.2) is 40.0 Å². The molecule has 2 aromatic heterocycles. The first-order valence-corrected chi connectivity index (χ1v) is 10.2. The first-order valence-electron chi connectivity index (χ1n) is 10.2. The van der Waals surface area contributed by atoms with Crippen molar-refractivity contribution in [3.63, 3.8) is 0 Å². The molecule has 1 fully saturated rings. The van der Waals surface area contributed by atoms with Gasteiger partial charge >= 0.3 is 0 Å². The zero-order chi connectivity index (χ0) is 19.1. The van der Waals surface area contributed by atoms with Crippen LogP contribution in [-0.2, 0) is 17.9 Å². The number of nitrogens with zero attached hydrogens (tertiary/aromatic N) is 4. The fourth-order valence-corrected chi connectivity index (χ4v) is 4.74. The molecular formula is C23H26N4O. The topological polar surface area (TPSA) is 41.4 Å². The van der Waals surface area contributed by atoms with E-state index in [-0.39, 0.29) is 5.41 Å². The van der Waals surface area contributed by atoms with E-state index in [0.29, 0.717) is 5.91 Å². The number of anilines is 1. The van der Waals surface area contributed by atoms with Gasteiger partial charge in [0.15, 0.2) is 0 Å². The number of fused-ring (bicyclic) bond motifs is 3. The minimum absolute atomic E-state index is 0.266. The SMILES string of the molecule is CC1(C(=O)N2CCn3c(cc4ccccc43)C2)CCN(c2ccncc2)CC1. The second-order valence-corrected chi connectivity index (χ2v) is 8.33. The molecule has 144 valence electrons. The van der Waals surface area contributed by atoms with E-state index in [0.717, 1.165) is 45.6 Å². The zero-order valence-electron chi connectivity index (χ0n) is 16.3. The van der Waals surface area contributed by atoms with Gasteiger partial charge in [-0.05, 0) is 42.5 Å². The molecule has 0 radical (unpaired) electrons. The Hall–Kier alpha value is -2.82. The van der Waals surface area contributed by atoms with Crippen molar-refractivity contribution in [1.29, 1.82) is 0 Å². The lowest BCUT2D eigenvalue weighted by molar-refractivity contribution is -0.144. The van der Waals surface area contributed by atoms with Crippen LogP contribution in [0.2, 0.25) is 0 Å². The smallest absolute Gasteiger partial charge is 0.229 e. The predicted octanol–water partition coefficient (Wildman–Crippen LogP) is 3.69. The van der Waals surface area contributed by atoms with E-state index in [4.69, 9.17) is 0 Å². The molecule has 5 nitrogen and oxygen atoms in total. The molecule has 0 saturated carbocycles. The highest BCUT2D eigenvalue weighted by Crippen LogP contribution is 2.36. The van der Waals surface area contributed by atoms with Gasteiger partial charge in [-0.1, -0.05) is 25.1 Å². The van der Waals surface area contributed by atoms with Crippen molar-refractivity contribution in [2.24, 2.45) is 5.41 Å². The van der Waals surface area contributed by atoms with Crippen LogP contribution in [0, 0.1) is 5.41 Å². The van der Waals surface area contributed by atoms with Crippen molar-refractivity contribution in [1.82, 2.24) is 14.5 Å². The fourth-order valence-electron chi connectivity index (χ4n) is 4.74. The van der Waals surface area contributed by atoms with Crippen LogP contribution in [0.4, 0.5) is 5.69 Å². The van der Waals surface area contributed by atoms with Gasteiger partial charge in [0.25, 0.3) is 0 Å². The highest BCUT2D eigenvalue weighted by molar-refractivity contribution is 5.84. The number of carbonyl (C=O) groups excluding carboxylic acids is 1. The van der Waals surface area contributed by atoms with Crippen molar-refractivity contribution < 1.29 is 4.79 Å². The van der Waals surface area contributed by atoms with Gasteiger partial charge in [0.1, 0.15) is 0 Å². The van der Waals surface area contributed by atoms with Crippen LogP contribution < -0.4 is 4.90 Å². The van der Waals surface area contributed by atoms with Crippen LogP contribution in [0.3, 0.4) is 0 Å². The number of piperidine rings is 1. The molecule has 2 aliphatic rings. The molecule has 0 unspecified atom stereocenters. The van der Waals surface area contributed by atoms with Gasteiger partial charge in [-0.3, -0.25) is 9.78 Å². The highest BCUT2D eigenvalue weighted by Gasteiger charge is 2.40. The molecule has 5 heteroatoms. The van der Waals surface area contributed by atoms with Gasteiger partial charge in [-0.2, -0.15) is 0 Å². The van der Waals surface area contributed by atoms with Gasteiger partial charge in [-0.25, -0.2) is 0 Å². The molecule has 0 spiro atoms. The summed E-state index contributed by atoms with van der Waals surface area (Å²) in [6.45, 7) is 6.39. The lowest BCUT2D eigenvalue weighted by Gasteiger charge is -2.42. The van der Waals surface area contributed by atoms with E-state index in [2.05, 4.69) is 56.6 Å². The second kappa shape index (κ2) is 6.66. The van der Waals surface area contributed by atoms with Crippen LogP contribution in [0.25, 0.3) is 10.9 Å². The third-order valence-corrected chi connectivity index (χ3v) is 6.54. The molecule has 3 aromatic rings. The Morgan fingerprint density at radius 2 is 1.75 bits per heavy atom. The summed E-state index contributed by atoms with van der Waals surface area (Å²) in [7, 11) is 0. The Balaban J connectivity index is 1.30. The van der Waals surface area contributed by atoms with E-state index >= 15 is 0 Å². The molecule has 5 rings (SSSR count). The molecule has 2 aliphatic heterocycles. The average Bonchev–Trinajstić information content (AvgIpc) is 3.12. The number of aromatic nitrogens is 2. The zero-order valence-corrected chi connectivity index (χ0v) is 16.3. The quantitative estimate of drug-likeness (QED) is 0.687. The number of para-hydroxylation sites is 1. The van der Waals surface area contributed by atoms with Gasteiger partial charge in [-0.15, -0.1) is 0 Å². The lowest BCUT2D eigenvalue weighted by atomic mass is 9.78. The standard InChI is InChI=1S/C23H26N4O/c1-23(8-12-25(13-9-23)19-6-10-24-11-7-19)22(28)26-14-15-27-20(17-26)16-18-4-2-3-5-21(18)27/h2-7,10-11,16H,8-9,12-15,17H2,1H3. The Kier molecular flexibility index (Phi) is 4.11. The number of amides is 1. The highest BCUT2D eigenvalue weighted by atomic mass is 16.2. The van der Waals surface area contributed by atoms with E-state index < -0.39 is 0 Å². The third kappa shape index (κ3) is 2.86. The number of benzene rings is 1. The predicted molar refractivity (Wildman–Crippen MR) is 111 cm³/mol. The number of hydrogen-bond donors (Lipinski definition) is 0. The molecule has 0 N–H and O–H groups in total. The van der Waals surface area contributed by atoms with Crippen molar-refractivity contribution in [3.05, 3.63) is 60.6 Å². The third-order valence-electron chi connectivity index (χ3n) is 6.54. The summed E-state index contributed by atoms with van der Waals surface area (Å²) < 4.78 is 2.37. The van der Waals surface area contributed by atoms with E-state index in [1.165, 1.54) is 22.3 Å². The second-order valence-electron chi connectivity index (χ2n) is 8.33. The molecule has 28 heavy (non-hydrogen) atoms. The molecule has 1 amide bonds.